The van der Waals surface area contributed by atoms with Gasteiger partial charge < -0.3 is 9.64 Å². The van der Waals surface area contributed by atoms with Gasteiger partial charge in [-0.15, -0.1) is 0 Å². The second-order valence-electron chi connectivity index (χ2n) is 4.69. The van der Waals surface area contributed by atoms with Gasteiger partial charge in [-0.3, -0.25) is 9.59 Å². The smallest absolute Gasteiger partial charge is 0.299 e. The molecule has 2 aromatic carbocycles. The number of nitrogens with zero attached hydrogens (tertiary/aromatic N) is 1. The molecule has 4 nitrogen and oxygen atoms in total. The highest BCUT2D eigenvalue weighted by Gasteiger charge is 2.36. The van der Waals surface area contributed by atoms with Crippen molar-refractivity contribution in [3.8, 4) is 5.75 Å². The lowest BCUT2D eigenvalue weighted by atomic mass is 10.1. The van der Waals surface area contributed by atoms with Gasteiger partial charge in [-0.05, 0) is 24.3 Å². The highest BCUT2D eigenvalue weighted by atomic mass is 79.9. The Morgan fingerprint density at radius 2 is 1.90 bits per heavy atom. The minimum absolute atomic E-state index is 0.309. The van der Waals surface area contributed by atoms with Crippen LogP contribution in [-0.4, -0.2) is 18.8 Å². The van der Waals surface area contributed by atoms with Gasteiger partial charge in [-0.1, -0.05) is 34.1 Å². The minimum Gasteiger partial charge on any atom is -0.496 e. The summed E-state index contributed by atoms with van der Waals surface area (Å²) in [6, 6.07) is 12.7. The quantitative estimate of drug-likeness (QED) is 0.802. The topological polar surface area (TPSA) is 46.6 Å². The minimum atomic E-state index is -0.506. The van der Waals surface area contributed by atoms with Crippen molar-refractivity contribution in [1.82, 2.24) is 0 Å². The van der Waals surface area contributed by atoms with Crippen LogP contribution in [0, 0.1) is 0 Å². The Bertz CT molecular complexity index is 742. The van der Waals surface area contributed by atoms with E-state index in [1.54, 1.807) is 19.2 Å². The first-order chi connectivity index (χ1) is 10.1. The average molecular weight is 346 g/mol. The molecule has 21 heavy (non-hydrogen) atoms. The molecule has 0 N–H and O–H groups in total. The van der Waals surface area contributed by atoms with E-state index in [4.69, 9.17) is 4.74 Å². The number of hydrogen-bond acceptors (Lipinski definition) is 3. The lowest BCUT2D eigenvalue weighted by molar-refractivity contribution is -0.114. The molecule has 0 spiro atoms. The van der Waals surface area contributed by atoms with Gasteiger partial charge in [0.25, 0.3) is 11.7 Å². The van der Waals surface area contributed by atoms with Gasteiger partial charge in [0.1, 0.15) is 5.75 Å². The summed E-state index contributed by atoms with van der Waals surface area (Å²) in [7, 11) is 1.58. The van der Waals surface area contributed by atoms with E-state index in [-0.39, 0.29) is 0 Å². The summed E-state index contributed by atoms with van der Waals surface area (Å²) in [5.74, 6) is -0.279. The number of carbonyl (C=O) groups is 2. The molecule has 1 aliphatic heterocycles. The Balaban J connectivity index is 2.01. The molecule has 1 aliphatic rings. The summed E-state index contributed by atoms with van der Waals surface area (Å²) in [4.78, 5) is 25.7. The number of amides is 1. The van der Waals surface area contributed by atoms with Crippen LogP contribution in [0.15, 0.2) is 46.9 Å². The first-order valence-electron chi connectivity index (χ1n) is 6.39. The number of hydrogen-bond donors (Lipinski definition) is 0. The number of benzene rings is 2. The van der Waals surface area contributed by atoms with Gasteiger partial charge in [-0.25, -0.2) is 0 Å². The summed E-state index contributed by atoms with van der Waals surface area (Å²) >= 11 is 3.32. The highest BCUT2D eigenvalue weighted by molar-refractivity contribution is 9.10. The molecule has 5 heteroatoms. The largest absolute Gasteiger partial charge is 0.496 e. The van der Waals surface area contributed by atoms with E-state index in [0.29, 0.717) is 23.5 Å². The van der Waals surface area contributed by atoms with E-state index in [1.165, 1.54) is 4.90 Å². The van der Waals surface area contributed by atoms with Crippen molar-refractivity contribution in [3.05, 3.63) is 58.1 Å². The molecular weight excluding hydrogens is 334 g/mol. The zero-order valence-electron chi connectivity index (χ0n) is 11.3. The fraction of sp³-hybridized carbons (Fsp3) is 0.125. The Hall–Kier alpha value is -2.14. The van der Waals surface area contributed by atoms with Gasteiger partial charge in [-0.2, -0.15) is 0 Å². The van der Waals surface area contributed by atoms with Crippen LogP contribution in [0.4, 0.5) is 5.69 Å². The Kier molecular flexibility index (Phi) is 3.51. The summed E-state index contributed by atoms with van der Waals surface area (Å²) < 4.78 is 6.07. The number of ketones is 1. The number of methoxy groups -OCH3 is 1. The summed E-state index contributed by atoms with van der Waals surface area (Å²) in [6.45, 7) is 0.309. The van der Waals surface area contributed by atoms with Crippen LogP contribution in [0.5, 0.6) is 5.75 Å². The maximum Gasteiger partial charge on any atom is 0.299 e. The van der Waals surface area contributed by atoms with Crippen molar-refractivity contribution in [2.24, 2.45) is 0 Å². The Labute approximate surface area is 130 Å². The zero-order valence-corrected chi connectivity index (χ0v) is 12.9. The summed E-state index contributed by atoms with van der Waals surface area (Å²) in [5, 5.41) is 0. The number of ether oxygens (including phenoxy) is 1. The molecule has 1 heterocycles. The molecule has 0 atom stereocenters. The third-order valence-electron chi connectivity index (χ3n) is 3.45. The van der Waals surface area contributed by atoms with Gasteiger partial charge in [0.2, 0.25) is 0 Å². The third kappa shape index (κ3) is 2.34. The molecule has 0 fully saturated rings. The lowest BCUT2D eigenvalue weighted by Crippen LogP contribution is -2.29. The summed E-state index contributed by atoms with van der Waals surface area (Å²) in [6.07, 6.45) is 0. The first-order valence-corrected chi connectivity index (χ1v) is 7.18. The number of carbonyl (C=O) groups excluding carboxylic acids is 2. The van der Waals surface area contributed by atoms with Crippen LogP contribution in [0.1, 0.15) is 15.9 Å². The van der Waals surface area contributed by atoms with Gasteiger partial charge in [0.05, 0.1) is 24.9 Å². The first kappa shape index (κ1) is 13.8. The lowest BCUT2D eigenvalue weighted by Gasteiger charge is -2.18. The van der Waals surface area contributed by atoms with Gasteiger partial charge in [0.15, 0.2) is 0 Å². The molecule has 0 aromatic heterocycles. The molecule has 3 rings (SSSR count). The number of halogens is 1. The van der Waals surface area contributed by atoms with Crippen LogP contribution >= 0.6 is 15.9 Å². The van der Waals surface area contributed by atoms with Crippen LogP contribution in [0.2, 0.25) is 0 Å². The zero-order chi connectivity index (χ0) is 15.0. The van der Waals surface area contributed by atoms with E-state index in [9.17, 15) is 9.59 Å². The predicted molar refractivity (Wildman–Crippen MR) is 82.7 cm³/mol. The normalized spacial score (nSPS) is 13.5. The number of anilines is 1. The van der Waals surface area contributed by atoms with E-state index in [1.807, 2.05) is 30.3 Å². The Morgan fingerprint density at radius 1 is 1.14 bits per heavy atom. The molecule has 0 aliphatic carbocycles. The number of Topliss-reactive ketones (excluding diaryl/α,β-unsaturated/α-hetero) is 1. The molecule has 2 aromatic rings. The van der Waals surface area contributed by atoms with Crippen molar-refractivity contribution in [2.75, 3.05) is 12.0 Å². The standard InChI is InChI=1S/C16H12BrNO3/c1-21-14-5-3-2-4-10(14)9-18-13-7-6-11(17)8-12(13)15(19)16(18)20/h2-8H,9H2,1H3. The molecule has 1 amide bonds. The SMILES string of the molecule is COc1ccccc1CN1C(=O)C(=O)c2cc(Br)ccc21. The van der Waals surface area contributed by atoms with Crippen LogP contribution in [-0.2, 0) is 11.3 Å². The van der Waals surface area contributed by atoms with E-state index < -0.39 is 11.7 Å². The second kappa shape index (κ2) is 5.33. The van der Waals surface area contributed by atoms with Crippen LogP contribution in [0.25, 0.3) is 0 Å². The van der Waals surface area contributed by atoms with Crippen molar-refractivity contribution in [1.29, 1.82) is 0 Å². The third-order valence-corrected chi connectivity index (χ3v) is 3.95. The van der Waals surface area contributed by atoms with Crippen LogP contribution in [0.3, 0.4) is 0 Å². The highest BCUT2D eigenvalue weighted by Crippen LogP contribution is 2.33. The van der Waals surface area contributed by atoms with Gasteiger partial charge in [0, 0.05) is 10.0 Å². The molecule has 0 bridgehead atoms. The maximum absolute atomic E-state index is 12.2. The molecule has 0 unspecified atom stereocenters. The fourth-order valence-corrected chi connectivity index (χ4v) is 2.79. The average Bonchev–Trinajstić information content (AvgIpc) is 2.73. The van der Waals surface area contributed by atoms with E-state index >= 15 is 0 Å². The molecular formula is C16H12BrNO3. The van der Waals surface area contributed by atoms with Crippen molar-refractivity contribution >= 4 is 33.3 Å². The van der Waals surface area contributed by atoms with Crippen molar-refractivity contribution in [3.63, 3.8) is 0 Å². The van der Waals surface area contributed by atoms with Crippen LogP contribution < -0.4 is 9.64 Å². The number of para-hydroxylation sites is 1. The summed E-state index contributed by atoms with van der Waals surface area (Å²) in [5.41, 5.74) is 1.93. The van der Waals surface area contributed by atoms with Crippen molar-refractivity contribution in [2.45, 2.75) is 6.54 Å². The Morgan fingerprint density at radius 3 is 2.67 bits per heavy atom. The van der Waals surface area contributed by atoms with Crippen molar-refractivity contribution < 1.29 is 14.3 Å². The molecule has 0 radical (unpaired) electrons. The van der Waals surface area contributed by atoms with E-state index in [0.717, 1.165) is 10.0 Å². The maximum atomic E-state index is 12.2. The molecule has 106 valence electrons. The number of rotatable bonds is 3. The second-order valence-corrected chi connectivity index (χ2v) is 5.61. The molecule has 0 saturated carbocycles. The monoisotopic (exact) mass is 345 g/mol. The number of fused-ring (bicyclic) bond motifs is 1. The van der Waals surface area contributed by atoms with Gasteiger partial charge >= 0.3 is 0 Å². The van der Waals surface area contributed by atoms with E-state index in [2.05, 4.69) is 15.9 Å². The molecule has 0 saturated heterocycles. The fourth-order valence-electron chi connectivity index (χ4n) is 2.43. The predicted octanol–water partition coefficient (Wildman–Crippen LogP) is 3.19.